The Bertz CT molecular complexity index is 729. The maximum Gasteiger partial charge on any atom is 0.306 e. The van der Waals surface area contributed by atoms with Gasteiger partial charge in [0.15, 0.2) is 0 Å². The summed E-state index contributed by atoms with van der Waals surface area (Å²) in [6, 6.07) is 8.77. The Morgan fingerprint density at radius 3 is 2.41 bits per heavy atom. The van der Waals surface area contributed by atoms with Crippen LogP contribution in [0.2, 0.25) is 0 Å². The number of hydrogen-bond acceptors (Lipinski definition) is 3. The van der Waals surface area contributed by atoms with Crippen molar-refractivity contribution in [2.75, 3.05) is 0 Å². The van der Waals surface area contributed by atoms with E-state index in [4.69, 9.17) is 5.11 Å². The first-order chi connectivity index (χ1) is 13.0. The molecule has 1 aliphatic heterocycles. The average Bonchev–Trinajstić information content (AvgIpc) is 3.03. The Kier molecular flexibility index (Phi) is 4.89. The first-order valence-electron chi connectivity index (χ1n) is 9.95. The summed E-state index contributed by atoms with van der Waals surface area (Å²) in [4.78, 5) is 39.0. The molecule has 0 spiro atoms. The fourth-order valence-corrected chi connectivity index (χ4v) is 4.95. The van der Waals surface area contributed by atoms with Gasteiger partial charge < -0.3 is 15.3 Å². The fourth-order valence-electron chi connectivity index (χ4n) is 4.95. The number of carboxylic acids is 1. The van der Waals surface area contributed by atoms with Crippen LogP contribution in [-0.2, 0) is 9.59 Å². The lowest BCUT2D eigenvalue weighted by Crippen LogP contribution is -2.54. The van der Waals surface area contributed by atoms with Crippen LogP contribution in [0.25, 0.3) is 0 Å². The van der Waals surface area contributed by atoms with Gasteiger partial charge in [0.1, 0.15) is 6.04 Å². The summed E-state index contributed by atoms with van der Waals surface area (Å²) in [6.45, 7) is 0. The van der Waals surface area contributed by atoms with Crippen molar-refractivity contribution in [3.05, 3.63) is 35.9 Å². The van der Waals surface area contributed by atoms with Crippen LogP contribution in [0.4, 0.5) is 0 Å². The van der Waals surface area contributed by atoms with Crippen LogP contribution >= 0.6 is 0 Å². The highest BCUT2D eigenvalue weighted by molar-refractivity contribution is 5.98. The van der Waals surface area contributed by atoms with Gasteiger partial charge in [-0.2, -0.15) is 0 Å². The van der Waals surface area contributed by atoms with Crippen LogP contribution in [-0.4, -0.2) is 45.9 Å². The average molecular weight is 370 g/mol. The molecule has 27 heavy (non-hydrogen) atoms. The zero-order valence-corrected chi connectivity index (χ0v) is 15.3. The van der Waals surface area contributed by atoms with E-state index in [-0.39, 0.29) is 29.8 Å². The summed E-state index contributed by atoms with van der Waals surface area (Å²) in [5, 5.41) is 12.0. The minimum atomic E-state index is -0.798. The van der Waals surface area contributed by atoms with Crippen molar-refractivity contribution >= 4 is 17.8 Å². The monoisotopic (exact) mass is 370 g/mol. The van der Waals surface area contributed by atoms with Gasteiger partial charge in [0.05, 0.1) is 5.92 Å². The van der Waals surface area contributed by atoms with Crippen molar-refractivity contribution in [3.8, 4) is 0 Å². The van der Waals surface area contributed by atoms with Crippen LogP contribution in [0.1, 0.15) is 55.3 Å². The number of hydrogen-bond donors (Lipinski definition) is 2. The van der Waals surface area contributed by atoms with Crippen molar-refractivity contribution in [2.24, 2.45) is 11.8 Å². The zero-order valence-electron chi connectivity index (χ0n) is 15.3. The van der Waals surface area contributed by atoms with E-state index in [2.05, 4.69) is 5.32 Å². The van der Waals surface area contributed by atoms with Gasteiger partial charge in [-0.3, -0.25) is 14.4 Å². The highest BCUT2D eigenvalue weighted by atomic mass is 16.4. The minimum Gasteiger partial charge on any atom is -0.481 e. The van der Waals surface area contributed by atoms with Crippen molar-refractivity contribution in [1.29, 1.82) is 0 Å². The molecule has 6 heteroatoms. The zero-order chi connectivity index (χ0) is 19.0. The maximum absolute atomic E-state index is 13.2. The first-order valence-corrected chi connectivity index (χ1v) is 9.95. The highest BCUT2D eigenvalue weighted by Crippen LogP contribution is 2.41. The van der Waals surface area contributed by atoms with Crippen molar-refractivity contribution < 1.29 is 19.5 Å². The summed E-state index contributed by atoms with van der Waals surface area (Å²) < 4.78 is 0. The van der Waals surface area contributed by atoms with Gasteiger partial charge in [0, 0.05) is 17.6 Å². The van der Waals surface area contributed by atoms with Gasteiger partial charge in [0.2, 0.25) is 5.91 Å². The van der Waals surface area contributed by atoms with Crippen LogP contribution in [0.3, 0.4) is 0 Å². The van der Waals surface area contributed by atoms with Crippen LogP contribution in [0.15, 0.2) is 30.3 Å². The molecule has 6 nitrogen and oxygen atoms in total. The number of benzene rings is 1. The normalized spacial score (nSPS) is 32.3. The van der Waals surface area contributed by atoms with Crippen molar-refractivity contribution in [3.63, 3.8) is 0 Å². The van der Waals surface area contributed by atoms with Gasteiger partial charge in [-0.25, -0.2) is 0 Å². The molecule has 1 heterocycles. The van der Waals surface area contributed by atoms with Gasteiger partial charge in [0.25, 0.3) is 5.91 Å². The minimum absolute atomic E-state index is 0.0674. The Labute approximate surface area is 158 Å². The smallest absolute Gasteiger partial charge is 0.306 e. The molecule has 3 fully saturated rings. The molecule has 1 saturated heterocycles. The van der Waals surface area contributed by atoms with Crippen LogP contribution in [0, 0.1) is 11.8 Å². The van der Waals surface area contributed by atoms with Crippen molar-refractivity contribution in [2.45, 2.75) is 63.1 Å². The highest BCUT2D eigenvalue weighted by Gasteiger charge is 2.48. The number of amides is 2. The standard InChI is InChI=1S/C21H26N2O4/c24-19(22-16-10-15(11-16)21(26)27)18-12-14-8-4-5-9-17(14)23(18)20(25)13-6-2-1-3-7-13/h1-3,6-7,14-18H,4-5,8-12H2,(H,22,24)(H,26,27). The maximum atomic E-state index is 13.2. The summed E-state index contributed by atoms with van der Waals surface area (Å²) >= 11 is 0. The second-order valence-electron chi connectivity index (χ2n) is 8.15. The summed E-state index contributed by atoms with van der Waals surface area (Å²) in [5.41, 5.74) is 0.621. The molecular weight excluding hydrogens is 344 g/mol. The van der Waals surface area contributed by atoms with Crippen LogP contribution < -0.4 is 5.32 Å². The predicted octanol–water partition coefficient (Wildman–Crippen LogP) is 2.44. The lowest BCUT2D eigenvalue weighted by molar-refractivity contribution is -0.146. The largest absolute Gasteiger partial charge is 0.481 e. The third-order valence-corrected chi connectivity index (χ3v) is 6.48. The Hall–Kier alpha value is -2.37. The number of nitrogens with one attached hydrogen (secondary N) is 1. The summed E-state index contributed by atoms with van der Waals surface area (Å²) in [7, 11) is 0. The third kappa shape index (κ3) is 3.45. The van der Waals surface area contributed by atoms with E-state index in [1.54, 1.807) is 12.1 Å². The Balaban J connectivity index is 1.50. The molecule has 3 unspecified atom stereocenters. The fraction of sp³-hybridized carbons (Fsp3) is 0.571. The number of carboxylic acid groups (broad SMARTS) is 1. The first kappa shape index (κ1) is 18.0. The van der Waals surface area contributed by atoms with E-state index in [9.17, 15) is 14.4 Å². The van der Waals surface area contributed by atoms with Gasteiger partial charge in [-0.05, 0) is 50.2 Å². The lowest BCUT2D eigenvalue weighted by atomic mass is 9.80. The molecule has 1 aromatic rings. The number of carbonyl (C=O) groups is 3. The third-order valence-electron chi connectivity index (χ3n) is 6.48. The molecule has 3 atom stereocenters. The van der Waals surface area contributed by atoms with Crippen LogP contribution in [0.5, 0.6) is 0 Å². The Morgan fingerprint density at radius 2 is 1.70 bits per heavy atom. The molecule has 2 saturated carbocycles. The number of aliphatic carboxylic acids is 1. The number of likely N-dealkylation sites (tertiary alicyclic amines) is 1. The molecule has 1 aromatic carbocycles. The Morgan fingerprint density at radius 1 is 1.00 bits per heavy atom. The number of fused-ring (bicyclic) bond motifs is 1. The van der Waals surface area contributed by atoms with Crippen molar-refractivity contribution in [1.82, 2.24) is 10.2 Å². The second-order valence-corrected chi connectivity index (χ2v) is 8.15. The van der Waals surface area contributed by atoms with E-state index in [1.807, 2.05) is 23.1 Å². The molecule has 3 aliphatic rings. The number of nitrogens with zero attached hydrogens (tertiary/aromatic N) is 1. The topological polar surface area (TPSA) is 86.7 Å². The molecule has 0 bridgehead atoms. The van der Waals surface area contributed by atoms with E-state index < -0.39 is 12.0 Å². The van der Waals surface area contributed by atoms with Gasteiger partial charge in [-0.1, -0.05) is 31.0 Å². The molecule has 2 aliphatic carbocycles. The molecule has 0 radical (unpaired) electrons. The quantitative estimate of drug-likeness (QED) is 0.852. The van der Waals surface area contributed by atoms with E-state index >= 15 is 0 Å². The number of carbonyl (C=O) groups excluding carboxylic acids is 2. The SMILES string of the molecule is O=C(O)C1CC(NC(=O)C2CC3CCCCC3N2C(=O)c2ccccc2)C1. The molecule has 4 rings (SSSR count). The predicted molar refractivity (Wildman–Crippen MR) is 99.1 cm³/mol. The molecule has 2 N–H and O–H groups in total. The summed E-state index contributed by atoms with van der Waals surface area (Å²) in [6.07, 6.45) is 5.95. The molecule has 144 valence electrons. The van der Waals surface area contributed by atoms with Gasteiger partial charge >= 0.3 is 5.97 Å². The molecule has 0 aromatic heterocycles. The summed E-state index contributed by atoms with van der Waals surface area (Å²) in [5.74, 6) is -0.961. The van der Waals surface area contributed by atoms with Gasteiger partial charge in [-0.15, -0.1) is 0 Å². The number of rotatable bonds is 4. The second kappa shape index (κ2) is 7.33. The lowest BCUT2D eigenvalue weighted by Gasteiger charge is -2.36. The van der Waals surface area contributed by atoms with E-state index in [0.717, 1.165) is 25.7 Å². The van der Waals surface area contributed by atoms with E-state index in [1.165, 1.54) is 0 Å². The molecule has 2 amide bonds. The van der Waals surface area contributed by atoms with E-state index in [0.29, 0.717) is 30.7 Å². The molecular formula is C21H26N2O4.